The predicted octanol–water partition coefficient (Wildman–Crippen LogP) is 3.40. The standard InChI is InChI=1S/C14H20O2/c1-10-4-5-11(13(10,2)3)14(8-9-14)7-6-12(15)16/h4,6-7,11H,5,8-9H2,1-3H3,(H,15,16). The van der Waals surface area contributed by atoms with Gasteiger partial charge in [0.1, 0.15) is 0 Å². The van der Waals surface area contributed by atoms with Crippen molar-refractivity contribution in [2.24, 2.45) is 16.7 Å². The summed E-state index contributed by atoms with van der Waals surface area (Å²) >= 11 is 0. The average Bonchev–Trinajstić information content (AvgIpc) is 2.90. The maximum absolute atomic E-state index is 10.6. The third-order valence-electron chi connectivity index (χ3n) is 4.63. The Hall–Kier alpha value is -1.05. The third kappa shape index (κ3) is 1.70. The number of hydrogen-bond acceptors (Lipinski definition) is 1. The van der Waals surface area contributed by atoms with Crippen LogP contribution in [0.15, 0.2) is 23.8 Å². The molecule has 0 heterocycles. The van der Waals surface area contributed by atoms with Crippen LogP contribution in [0.5, 0.6) is 0 Å². The minimum Gasteiger partial charge on any atom is -0.478 e. The van der Waals surface area contributed by atoms with Gasteiger partial charge in [-0.25, -0.2) is 4.79 Å². The summed E-state index contributed by atoms with van der Waals surface area (Å²) in [6.07, 6.45) is 8.98. The van der Waals surface area contributed by atoms with Gasteiger partial charge in [-0.3, -0.25) is 0 Å². The van der Waals surface area contributed by atoms with Gasteiger partial charge < -0.3 is 5.11 Å². The van der Waals surface area contributed by atoms with E-state index in [-0.39, 0.29) is 10.8 Å². The fraction of sp³-hybridized carbons (Fsp3) is 0.643. The maximum Gasteiger partial charge on any atom is 0.327 e. The fourth-order valence-corrected chi connectivity index (χ4v) is 3.09. The summed E-state index contributed by atoms with van der Waals surface area (Å²) in [4.78, 5) is 10.6. The van der Waals surface area contributed by atoms with Crippen molar-refractivity contribution >= 4 is 5.97 Å². The minimum absolute atomic E-state index is 0.163. The summed E-state index contributed by atoms with van der Waals surface area (Å²) in [6.45, 7) is 6.76. The molecule has 0 radical (unpaired) electrons. The van der Waals surface area contributed by atoms with E-state index in [9.17, 15) is 4.79 Å². The van der Waals surface area contributed by atoms with E-state index in [1.165, 1.54) is 11.6 Å². The molecule has 1 N–H and O–H groups in total. The van der Waals surface area contributed by atoms with E-state index in [0.717, 1.165) is 19.3 Å². The van der Waals surface area contributed by atoms with E-state index in [4.69, 9.17) is 5.11 Å². The van der Waals surface area contributed by atoms with Crippen molar-refractivity contribution in [1.82, 2.24) is 0 Å². The van der Waals surface area contributed by atoms with Gasteiger partial charge in [0.15, 0.2) is 0 Å². The molecule has 2 nitrogen and oxygen atoms in total. The Morgan fingerprint density at radius 2 is 2.12 bits per heavy atom. The van der Waals surface area contributed by atoms with Crippen molar-refractivity contribution in [3.8, 4) is 0 Å². The molecule has 88 valence electrons. The summed E-state index contributed by atoms with van der Waals surface area (Å²) in [6, 6.07) is 0. The molecule has 0 aromatic rings. The first kappa shape index (κ1) is 11.4. The van der Waals surface area contributed by atoms with Crippen LogP contribution in [-0.4, -0.2) is 11.1 Å². The summed E-state index contributed by atoms with van der Waals surface area (Å²) in [5.41, 5.74) is 1.84. The van der Waals surface area contributed by atoms with Crippen LogP contribution in [0.25, 0.3) is 0 Å². The molecule has 2 aliphatic rings. The van der Waals surface area contributed by atoms with Crippen LogP contribution in [0.1, 0.15) is 40.0 Å². The minimum atomic E-state index is -0.827. The third-order valence-corrected chi connectivity index (χ3v) is 4.63. The van der Waals surface area contributed by atoms with Crippen molar-refractivity contribution in [2.75, 3.05) is 0 Å². The normalized spacial score (nSPS) is 30.4. The number of rotatable bonds is 3. The second-order valence-corrected chi connectivity index (χ2v) is 5.80. The lowest BCUT2D eigenvalue weighted by Gasteiger charge is -2.35. The van der Waals surface area contributed by atoms with E-state index in [1.54, 1.807) is 0 Å². The highest BCUT2D eigenvalue weighted by Gasteiger charge is 2.54. The maximum atomic E-state index is 10.6. The lowest BCUT2D eigenvalue weighted by molar-refractivity contribution is -0.131. The Labute approximate surface area is 97.0 Å². The first-order chi connectivity index (χ1) is 7.38. The van der Waals surface area contributed by atoms with Crippen LogP contribution < -0.4 is 0 Å². The van der Waals surface area contributed by atoms with Crippen molar-refractivity contribution in [3.63, 3.8) is 0 Å². The molecule has 0 amide bonds. The van der Waals surface area contributed by atoms with Gasteiger partial charge in [0.25, 0.3) is 0 Å². The summed E-state index contributed by atoms with van der Waals surface area (Å²) < 4.78 is 0. The number of hydrogen-bond donors (Lipinski definition) is 1. The molecule has 0 aromatic heterocycles. The molecule has 1 saturated carbocycles. The first-order valence-corrected chi connectivity index (χ1v) is 5.98. The second-order valence-electron chi connectivity index (χ2n) is 5.80. The highest BCUT2D eigenvalue weighted by molar-refractivity contribution is 5.80. The van der Waals surface area contributed by atoms with Crippen LogP contribution in [-0.2, 0) is 4.79 Å². The Morgan fingerprint density at radius 3 is 2.50 bits per heavy atom. The van der Waals surface area contributed by atoms with E-state index >= 15 is 0 Å². The zero-order valence-corrected chi connectivity index (χ0v) is 10.3. The Bertz CT molecular complexity index is 370. The van der Waals surface area contributed by atoms with E-state index in [1.807, 2.05) is 6.08 Å². The van der Waals surface area contributed by atoms with Crippen molar-refractivity contribution in [1.29, 1.82) is 0 Å². The topological polar surface area (TPSA) is 37.3 Å². The molecule has 0 aromatic carbocycles. The molecule has 1 unspecified atom stereocenters. The molecule has 0 saturated heterocycles. The van der Waals surface area contributed by atoms with Gasteiger partial charge in [0, 0.05) is 6.08 Å². The molecule has 0 spiro atoms. The number of carboxylic acids is 1. The second kappa shape index (κ2) is 3.47. The van der Waals surface area contributed by atoms with E-state index < -0.39 is 5.97 Å². The SMILES string of the molecule is CC1=CCC(C2(C=CC(=O)O)CC2)C1(C)C. The zero-order valence-electron chi connectivity index (χ0n) is 10.3. The molecule has 2 heteroatoms. The van der Waals surface area contributed by atoms with Gasteiger partial charge >= 0.3 is 5.97 Å². The van der Waals surface area contributed by atoms with Gasteiger partial charge in [-0.05, 0) is 42.9 Å². The number of allylic oxidation sites excluding steroid dienone is 3. The molecular weight excluding hydrogens is 200 g/mol. The van der Waals surface area contributed by atoms with Gasteiger partial charge in [-0.1, -0.05) is 31.6 Å². The molecule has 2 aliphatic carbocycles. The first-order valence-electron chi connectivity index (χ1n) is 5.98. The zero-order chi connectivity index (χ0) is 12.0. The van der Waals surface area contributed by atoms with E-state index in [2.05, 4.69) is 26.8 Å². The summed E-state index contributed by atoms with van der Waals surface area (Å²) in [5.74, 6) is -0.248. The fourth-order valence-electron chi connectivity index (χ4n) is 3.09. The monoisotopic (exact) mass is 220 g/mol. The number of carboxylic acid groups (broad SMARTS) is 1. The Kier molecular flexibility index (Phi) is 2.48. The van der Waals surface area contributed by atoms with Crippen LogP contribution in [0.4, 0.5) is 0 Å². The smallest absolute Gasteiger partial charge is 0.327 e. The molecule has 1 fully saturated rings. The Balaban J connectivity index is 2.18. The largest absolute Gasteiger partial charge is 0.478 e. The van der Waals surface area contributed by atoms with Crippen molar-refractivity contribution in [2.45, 2.75) is 40.0 Å². The van der Waals surface area contributed by atoms with Crippen molar-refractivity contribution < 1.29 is 9.90 Å². The highest BCUT2D eigenvalue weighted by atomic mass is 16.4. The van der Waals surface area contributed by atoms with Gasteiger partial charge in [0.2, 0.25) is 0 Å². The Morgan fingerprint density at radius 1 is 1.50 bits per heavy atom. The number of carbonyl (C=O) groups is 1. The molecule has 16 heavy (non-hydrogen) atoms. The highest BCUT2D eigenvalue weighted by Crippen LogP contribution is 2.63. The quantitative estimate of drug-likeness (QED) is 0.584. The van der Waals surface area contributed by atoms with Gasteiger partial charge in [-0.2, -0.15) is 0 Å². The van der Waals surface area contributed by atoms with Crippen molar-refractivity contribution in [3.05, 3.63) is 23.8 Å². The summed E-state index contributed by atoms with van der Waals surface area (Å²) in [7, 11) is 0. The van der Waals surface area contributed by atoms with Gasteiger partial charge in [0.05, 0.1) is 0 Å². The van der Waals surface area contributed by atoms with E-state index in [0.29, 0.717) is 5.92 Å². The van der Waals surface area contributed by atoms with Crippen LogP contribution in [0.3, 0.4) is 0 Å². The average molecular weight is 220 g/mol. The molecular formula is C14H20O2. The molecule has 0 bridgehead atoms. The summed E-state index contributed by atoms with van der Waals surface area (Å²) in [5, 5.41) is 8.73. The molecule has 2 rings (SSSR count). The van der Waals surface area contributed by atoms with Crippen LogP contribution in [0.2, 0.25) is 0 Å². The van der Waals surface area contributed by atoms with Gasteiger partial charge in [-0.15, -0.1) is 0 Å². The predicted molar refractivity (Wildman–Crippen MR) is 64.1 cm³/mol. The number of aliphatic carboxylic acids is 1. The van der Waals surface area contributed by atoms with Crippen LogP contribution in [0, 0.1) is 16.7 Å². The van der Waals surface area contributed by atoms with Crippen LogP contribution >= 0.6 is 0 Å². The molecule has 0 aliphatic heterocycles. The lowest BCUT2D eigenvalue weighted by Crippen LogP contribution is -2.28. The molecule has 1 atom stereocenters. The lowest BCUT2D eigenvalue weighted by atomic mass is 9.69.